The first-order valence-corrected chi connectivity index (χ1v) is 8.14. The molecule has 1 N–H and O–H groups in total. The fourth-order valence-electron chi connectivity index (χ4n) is 3.56. The van der Waals surface area contributed by atoms with Crippen molar-refractivity contribution in [3.63, 3.8) is 0 Å². The van der Waals surface area contributed by atoms with Crippen LogP contribution in [0.15, 0.2) is 42.5 Å². The SMILES string of the molecule is CN(C(=O)c1ccc(F)cc1)C1c2cc([N+](=O)[O-])ccc2C(C)(C)C1O. The van der Waals surface area contributed by atoms with Gasteiger partial charge in [-0.05, 0) is 35.4 Å². The van der Waals surface area contributed by atoms with Crippen molar-refractivity contribution in [2.24, 2.45) is 0 Å². The number of fused-ring (bicyclic) bond motifs is 1. The Bertz CT molecular complexity index is 880. The number of aliphatic hydroxyl groups is 1. The maximum Gasteiger partial charge on any atom is 0.269 e. The van der Waals surface area contributed by atoms with E-state index < -0.39 is 34.2 Å². The predicted octanol–water partition coefficient (Wildman–Crippen LogP) is 3.20. The summed E-state index contributed by atoms with van der Waals surface area (Å²) in [5.74, 6) is -0.851. The second-order valence-corrected chi connectivity index (χ2v) is 7.06. The van der Waals surface area contributed by atoms with Crippen LogP contribution in [0.2, 0.25) is 0 Å². The van der Waals surface area contributed by atoms with Gasteiger partial charge in [0.1, 0.15) is 5.82 Å². The monoisotopic (exact) mass is 358 g/mol. The number of halogens is 1. The number of nitro benzene ring substituents is 1. The lowest BCUT2D eigenvalue weighted by atomic mass is 9.84. The third-order valence-corrected chi connectivity index (χ3v) is 5.13. The molecular formula is C19H19FN2O4. The van der Waals surface area contributed by atoms with E-state index in [-0.39, 0.29) is 11.3 Å². The highest BCUT2D eigenvalue weighted by Crippen LogP contribution is 2.48. The van der Waals surface area contributed by atoms with Crippen LogP contribution in [0.4, 0.5) is 10.1 Å². The number of likely N-dealkylation sites (N-methyl/N-ethyl adjacent to an activating group) is 1. The van der Waals surface area contributed by atoms with E-state index in [1.165, 1.54) is 48.3 Å². The Kier molecular flexibility index (Phi) is 4.28. The number of amides is 1. The van der Waals surface area contributed by atoms with Gasteiger partial charge in [0.15, 0.2) is 0 Å². The topological polar surface area (TPSA) is 83.7 Å². The van der Waals surface area contributed by atoms with E-state index >= 15 is 0 Å². The highest BCUT2D eigenvalue weighted by atomic mass is 19.1. The smallest absolute Gasteiger partial charge is 0.269 e. The summed E-state index contributed by atoms with van der Waals surface area (Å²) in [5.41, 5.74) is 0.819. The molecule has 7 heteroatoms. The minimum atomic E-state index is -0.936. The Morgan fingerprint density at radius 1 is 1.23 bits per heavy atom. The third kappa shape index (κ3) is 2.74. The van der Waals surface area contributed by atoms with Gasteiger partial charge in [-0.2, -0.15) is 0 Å². The van der Waals surface area contributed by atoms with Crippen molar-refractivity contribution in [2.45, 2.75) is 31.4 Å². The molecule has 2 atom stereocenters. The molecule has 0 saturated carbocycles. The molecule has 3 rings (SSSR count). The Balaban J connectivity index is 2.04. The van der Waals surface area contributed by atoms with E-state index in [9.17, 15) is 24.4 Å². The largest absolute Gasteiger partial charge is 0.390 e. The van der Waals surface area contributed by atoms with Crippen molar-refractivity contribution in [1.29, 1.82) is 0 Å². The van der Waals surface area contributed by atoms with Crippen LogP contribution in [-0.2, 0) is 5.41 Å². The minimum absolute atomic E-state index is 0.0960. The van der Waals surface area contributed by atoms with E-state index in [0.717, 1.165) is 5.56 Å². The predicted molar refractivity (Wildman–Crippen MR) is 93.4 cm³/mol. The summed E-state index contributed by atoms with van der Waals surface area (Å²) in [5, 5.41) is 22.0. The zero-order valence-electron chi connectivity index (χ0n) is 14.6. The van der Waals surface area contributed by atoms with Gasteiger partial charge in [-0.3, -0.25) is 14.9 Å². The molecule has 2 aromatic rings. The van der Waals surface area contributed by atoms with E-state index in [2.05, 4.69) is 0 Å². The van der Waals surface area contributed by atoms with Crippen molar-refractivity contribution >= 4 is 11.6 Å². The number of non-ortho nitro benzene ring substituents is 1. The number of carbonyl (C=O) groups is 1. The lowest BCUT2D eigenvalue weighted by Gasteiger charge is -2.32. The molecule has 1 aliphatic rings. The molecule has 0 radical (unpaired) electrons. The molecule has 6 nitrogen and oxygen atoms in total. The number of nitrogens with zero attached hydrogens (tertiary/aromatic N) is 2. The van der Waals surface area contributed by atoms with E-state index in [1.54, 1.807) is 6.07 Å². The van der Waals surface area contributed by atoms with Crippen molar-refractivity contribution in [2.75, 3.05) is 7.05 Å². The summed E-state index contributed by atoms with van der Waals surface area (Å²) in [7, 11) is 1.53. The Labute approximate surface area is 150 Å². The van der Waals surface area contributed by atoms with Crippen LogP contribution in [0.3, 0.4) is 0 Å². The maximum atomic E-state index is 13.1. The van der Waals surface area contributed by atoms with E-state index in [4.69, 9.17) is 0 Å². The van der Waals surface area contributed by atoms with Gasteiger partial charge < -0.3 is 10.0 Å². The summed E-state index contributed by atoms with van der Waals surface area (Å²) < 4.78 is 13.1. The molecule has 0 spiro atoms. The highest BCUT2D eigenvalue weighted by Gasteiger charge is 2.48. The molecule has 136 valence electrons. The molecule has 0 aromatic heterocycles. The second kappa shape index (κ2) is 6.17. The van der Waals surface area contributed by atoms with Crippen LogP contribution in [0.1, 0.15) is 41.4 Å². The van der Waals surface area contributed by atoms with Crippen LogP contribution in [0.5, 0.6) is 0 Å². The zero-order chi connectivity index (χ0) is 19.2. The quantitative estimate of drug-likeness (QED) is 0.675. The Morgan fingerprint density at radius 2 is 1.85 bits per heavy atom. The lowest BCUT2D eigenvalue weighted by molar-refractivity contribution is -0.384. The fourth-order valence-corrected chi connectivity index (χ4v) is 3.56. The first-order chi connectivity index (χ1) is 12.1. The number of aliphatic hydroxyl groups excluding tert-OH is 1. The second-order valence-electron chi connectivity index (χ2n) is 7.06. The van der Waals surface area contributed by atoms with Gasteiger partial charge in [-0.25, -0.2) is 4.39 Å². The van der Waals surface area contributed by atoms with Gasteiger partial charge in [0.25, 0.3) is 11.6 Å². The summed E-state index contributed by atoms with van der Waals surface area (Å²) in [6, 6.07) is 8.82. The van der Waals surface area contributed by atoms with Gasteiger partial charge in [-0.15, -0.1) is 0 Å². The molecule has 2 unspecified atom stereocenters. The summed E-state index contributed by atoms with van der Waals surface area (Å²) in [6.45, 7) is 3.66. The van der Waals surface area contributed by atoms with Crippen LogP contribution in [0, 0.1) is 15.9 Å². The highest BCUT2D eigenvalue weighted by molar-refractivity contribution is 5.94. The number of hydrogen-bond donors (Lipinski definition) is 1. The van der Waals surface area contributed by atoms with E-state index in [1.807, 2.05) is 13.8 Å². The molecule has 0 heterocycles. The van der Waals surface area contributed by atoms with Gasteiger partial charge in [-0.1, -0.05) is 19.9 Å². The summed E-state index contributed by atoms with van der Waals surface area (Å²) in [4.78, 5) is 24.8. The first-order valence-electron chi connectivity index (χ1n) is 8.14. The Morgan fingerprint density at radius 3 is 2.42 bits per heavy atom. The standard InChI is InChI=1S/C19H19FN2O4/c1-19(2)15-9-8-13(22(25)26)10-14(15)16(17(19)23)21(3)18(24)11-4-6-12(20)7-5-11/h4-10,16-17,23H,1-3H3. The van der Waals surface area contributed by atoms with Crippen molar-refractivity contribution in [3.8, 4) is 0 Å². The van der Waals surface area contributed by atoms with Gasteiger partial charge in [0.05, 0.1) is 17.1 Å². The van der Waals surface area contributed by atoms with Crippen LogP contribution in [-0.4, -0.2) is 34.0 Å². The van der Waals surface area contributed by atoms with Crippen LogP contribution >= 0.6 is 0 Å². The van der Waals surface area contributed by atoms with Crippen LogP contribution in [0.25, 0.3) is 0 Å². The van der Waals surface area contributed by atoms with E-state index in [0.29, 0.717) is 5.56 Å². The Hall–Kier alpha value is -2.80. The van der Waals surface area contributed by atoms with Crippen molar-refractivity contribution < 1.29 is 19.2 Å². The summed E-state index contributed by atoms with van der Waals surface area (Å²) in [6.07, 6.45) is -0.936. The molecule has 0 aliphatic heterocycles. The number of carbonyl (C=O) groups excluding carboxylic acids is 1. The van der Waals surface area contributed by atoms with Gasteiger partial charge in [0.2, 0.25) is 0 Å². The molecule has 0 saturated heterocycles. The number of benzene rings is 2. The molecular weight excluding hydrogens is 339 g/mol. The molecule has 2 aromatic carbocycles. The number of hydrogen-bond acceptors (Lipinski definition) is 4. The van der Waals surface area contributed by atoms with Crippen LogP contribution < -0.4 is 0 Å². The number of rotatable bonds is 3. The molecule has 26 heavy (non-hydrogen) atoms. The molecule has 1 amide bonds. The van der Waals surface area contributed by atoms with Crippen molar-refractivity contribution in [3.05, 3.63) is 75.1 Å². The molecule has 0 fully saturated rings. The van der Waals surface area contributed by atoms with Gasteiger partial charge in [0, 0.05) is 30.2 Å². The molecule has 0 bridgehead atoms. The van der Waals surface area contributed by atoms with Crippen molar-refractivity contribution in [1.82, 2.24) is 4.90 Å². The zero-order valence-corrected chi connectivity index (χ0v) is 14.6. The average molecular weight is 358 g/mol. The molecule has 1 aliphatic carbocycles. The summed E-state index contributed by atoms with van der Waals surface area (Å²) >= 11 is 0. The lowest BCUT2D eigenvalue weighted by Crippen LogP contribution is -2.40. The average Bonchev–Trinajstić information content (AvgIpc) is 2.80. The fraction of sp³-hybridized carbons (Fsp3) is 0.316. The normalized spacial score (nSPS) is 20.5. The maximum absolute atomic E-state index is 13.1. The minimum Gasteiger partial charge on any atom is -0.390 e. The van der Waals surface area contributed by atoms with Gasteiger partial charge >= 0.3 is 0 Å². The third-order valence-electron chi connectivity index (χ3n) is 5.13. The first kappa shape index (κ1) is 18.0. The number of nitro groups is 1.